The minimum absolute atomic E-state index is 0.262. The number of aryl methyl sites for hydroxylation is 1. The molecule has 118 valence electrons. The Morgan fingerprint density at radius 2 is 2.00 bits per heavy atom. The minimum Gasteiger partial charge on any atom is -0.488 e. The fourth-order valence-corrected chi connectivity index (χ4v) is 3.67. The number of rotatable bonds is 4. The highest BCUT2D eigenvalue weighted by atomic mass is 16.5. The molecule has 0 radical (unpaired) electrons. The third kappa shape index (κ3) is 3.60. The first kappa shape index (κ1) is 16.4. The van der Waals surface area contributed by atoms with E-state index in [1.165, 1.54) is 24.0 Å². The van der Waals surface area contributed by atoms with Crippen molar-refractivity contribution in [2.24, 2.45) is 5.41 Å². The maximum Gasteiger partial charge on any atom is 0.123 e. The summed E-state index contributed by atoms with van der Waals surface area (Å²) in [4.78, 5) is 0. The van der Waals surface area contributed by atoms with Gasteiger partial charge in [-0.25, -0.2) is 0 Å². The monoisotopic (exact) mass is 289 g/mol. The molecule has 21 heavy (non-hydrogen) atoms. The van der Waals surface area contributed by atoms with Crippen molar-refractivity contribution in [3.05, 3.63) is 29.3 Å². The predicted molar refractivity (Wildman–Crippen MR) is 90.2 cm³/mol. The van der Waals surface area contributed by atoms with Crippen molar-refractivity contribution in [2.45, 2.75) is 71.9 Å². The van der Waals surface area contributed by atoms with Crippen molar-refractivity contribution in [1.29, 1.82) is 0 Å². The summed E-state index contributed by atoms with van der Waals surface area (Å²) in [5, 5.41) is 3.50. The summed E-state index contributed by atoms with van der Waals surface area (Å²) in [6, 6.07) is 7.01. The molecule has 2 nitrogen and oxygen atoms in total. The van der Waals surface area contributed by atoms with Crippen LogP contribution in [0.3, 0.4) is 0 Å². The molecule has 1 N–H and O–H groups in total. The van der Waals surface area contributed by atoms with Gasteiger partial charge in [0.15, 0.2) is 0 Å². The highest BCUT2D eigenvalue weighted by molar-refractivity contribution is 5.39. The number of nitrogens with one attached hydrogen (secondary N) is 1. The van der Waals surface area contributed by atoms with Crippen LogP contribution in [0.4, 0.5) is 0 Å². The Kier molecular flexibility index (Phi) is 4.98. The van der Waals surface area contributed by atoms with Crippen molar-refractivity contribution in [1.82, 2.24) is 5.32 Å². The fraction of sp³-hybridized carbons (Fsp3) is 0.684. The van der Waals surface area contributed by atoms with Crippen LogP contribution in [-0.4, -0.2) is 19.2 Å². The van der Waals surface area contributed by atoms with E-state index < -0.39 is 0 Å². The minimum atomic E-state index is 0.262. The molecular formula is C19H31NO. The van der Waals surface area contributed by atoms with Gasteiger partial charge in [-0.1, -0.05) is 39.8 Å². The molecule has 0 bridgehead atoms. The Balaban J connectivity index is 2.26. The molecule has 0 aromatic heterocycles. The Labute approximate surface area is 130 Å². The lowest BCUT2D eigenvalue weighted by Crippen LogP contribution is -2.53. The van der Waals surface area contributed by atoms with Crippen LogP contribution in [0.2, 0.25) is 0 Å². The first-order valence-corrected chi connectivity index (χ1v) is 8.29. The SMILES string of the molecule is CNC1C(Oc2cc(C)ccc2C(C)C)CCCC1(C)C. The quantitative estimate of drug-likeness (QED) is 0.870. The third-order valence-corrected chi connectivity index (χ3v) is 4.90. The molecule has 0 heterocycles. The maximum absolute atomic E-state index is 6.51. The molecule has 1 fully saturated rings. The zero-order valence-corrected chi connectivity index (χ0v) is 14.5. The Bertz CT molecular complexity index is 478. The highest BCUT2D eigenvalue weighted by Crippen LogP contribution is 2.38. The standard InChI is InChI=1S/C19H31NO/c1-13(2)15-10-9-14(3)12-17(15)21-16-8-7-11-19(4,5)18(16)20-6/h9-10,12-13,16,18,20H,7-8,11H2,1-6H3. The Morgan fingerprint density at radius 1 is 1.29 bits per heavy atom. The number of hydrogen-bond acceptors (Lipinski definition) is 2. The van der Waals surface area contributed by atoms with Crippen LogP contribution in [-0.2, 0) is 0 Å². The first-order valence-electron chi connectivity index (χ1n) is 8.29. The van der Waals surface area contributed by atoms with Gasteiger partial charge in [0, 0.05) is 6.04 Å². The summed E-state index contributed by atoms with van der Waals surface area (Å²) < 4.78 is 6.51. The van der Waals surface area contributed by atoms with Crippen LogP contribution in [0.25, 0.3) is 0 Å². The number of hydrogen-bond donors (Lipinski definition) is 1. The van der Waals surface area contributed by atoms with Crippen LogP contribution in [0.5, 0.6) is 5.75 Å². The van der Waals surface area contributed by atoms with Crippen LogP contribution in [0.1, 0.15) is 64.0 Å². The molecule has 2 atom stereocenters. The van der Waals surface area contributed by atoms with Crippen molar-refractivity contribution in [2.75, 3.05) is 7.05 Å². The van der Waals surface area contributed by atoms with Gasteiger partial charge in [-0.05, 0) is 61.8 Å². The molecule has 1 saturated carbocycles. The lowest BCUT2D eigenvalue weighted by Gasteiger charge is -2.44. The van der Waals surface area contributed by atoms with Crippen molar-refractivity contribution in [3.63, 3.8) is 0 Å². The zero-order valence-electron chi connectivity index (χ0n) is 14.5. The Morgan fingerprint density at radius 3 is 2.62 bits per heavy atom. The summed E-state index contributed by atoms with van der Waals surface area (Å²) in [5.74, 6) is 1.57. The molecular weight excluding hydrogens is 258 g/mol. The van der Waals surface area contributed by atoms with Crippen molar-refractivity contribution >= 4 is 0 Å². The van der Waals surface area contributed by atoms with E-state index >= 15 is 0 Å². The van der Waals surface area contributed by atoms with Crippen LogP contribution in [0.15, 0.2) is 18.2 Å². The summed E-state index contributed by atoms with van der Waals surface area (Å²) in [6.07, 6.45) is 3.92. The van der Waals surface area contributed by atoms with Gasteiger partial charge < -0.3 is 10.1 Å². The fourth-order valence-electron chi connectivity index (χ4n) is 3.67. The van der Waals surface area contributed by atoms with Gasteiger partial charge in [0.1, 0.15) is 11.9 Å². The van der Waals surface area contributed by atoms with E-state index in [4.69, 9.17) is 4.74 Å². The second-order valence-electron chi connectivity index (χ2n) is 7.50. The maximum atomic E-state index is 6.51. The van der Waals surface area contributed by atoms with Gasteiger partial charge in [0.25, 0.3) is 0 Å². The lowest BCUT2D eigenvalue weighted by molar-refractivity contribution is 0.0396. The highest BCUT2D eigenvalue weighted by Gasteiger charge is 2.39. The number of ether oxygens (including phenoxy) is 1. The van der Waals surface area contributed by atoms with Gasteiger partial charge >= 0.3 is 0 Å². The van der Waals surface area contributed by atoms with E-state index in [0.29, 0.717) is 17.4 Å². The molecule has 2 rings (SSSR count). The number of benzene rings is 1. The van der Waals surface area contributed by atoms with E-state index in [2.05, 4.69) is 65.2 Å². The molecule has 0 saturated heterocycles. The molecule has 1 aliphatic carbocycles. The lowest BCUT2D eigenvalue weighted by atomic mass is 9.72. The van der Waals surface area contributed by atoms with Gasteiger partial charge in [-0.2, -0.15) is 0 Å². The van der Waals surface area contributed by atoms with Gasteiger partial charge in [0.2, 0.25) is 0 Å². The topological polar surface area (TPSA) is 21.3 Å². The normalized spacial score (nSPS) is 25.1. The van der Waals surface area contributed by atoms with E-state index in [1.54, 1.807) is 0 Å². The third-order valence-electron chi connectivity index (χ3n) is 4.90. The largest absolute Gasteiger partial charge is 0.488 e. The molecule has 1 aliphatic rings. The van der Waals surface area contributed by atoms with Gasteiger partial charge in [-0.3, -0.25) is 0 Å². The second-order valence-corrected chi connectivity index (χ2v) is 7.50. The van der Waals surface area contributed by atoms with Gasteiger partial charge in [0.05, 0.1) is 0 Å². The summed E-state index contributed by atoms with van der Waals surface area (Å²) in [7, 11) is 2.06. The van der Waals surface area contributed by atoms with E-state index in [9.17, 15) is 0 Å². The molecule has 1 aromatic rings. The summed E-state index contributed by atoms with van der Waals surface area (Å²) in [5.41, 5.74) is 2.88. The molecule has 0 spiro atoms. The smallest absolute Gasteiger partial charge is 0.123 e. The van der Waals surface area contributed by atoms with Crippen molar-refractivity contribution < 1.29 is 4.74 Å². The van der Waals surface area contributed by atoms with E-state index in [-0.39, 0.29) is 6.10 Å². The van der Waals surface area contributed by atoms with Crippen LogP contribution >= 0.6 is 0 Å². The Hall–Kier alpha value is -1.02. The second kappa shape index (κ2) is 6.39. The predicted octanol–water partition coefficient (Wildman–Crippen LogP) is 4.66. The van der Waals surface area contributed by atoms with Crippen LogP contribution < -0.4 is 10.1 Å². The molecule has 2 heteroatoms. The van der Waals surface area contributed by atoms with Gasteiger partial charge in [-0.15, -0.1) is 0 Å². The average Bonchev–Trinajstić information content (AvgIpc) is 2.37. The van der Waals surface area contributed by atoms with Crippen molar-refractivity contribution in [3.8, 4) is 5.75 Å². The first-order chi connectivity index (χ1) is 9.85. The van der Waals surface area contributed by atoms with E-state index in [0.717, 1.165) is 12.2 Å². The molecule has 0 amide bonds. The van der Waals surface area contributed by atoms with Crippen LogP contribution in [0, 0.1) is 12.3 Å². The summed E-state index contributed by atoms with van der Waals surface area (Å²) in [6.45, 7) is 11.3. The van der Waals surface area contributed by atoms with E-state index in [1.807, 2.05) is 0 Å². The molecule has 0 aliphatic heterocycles. The average molecular weight is 289 g/mol. The zero-order chi connectivity index (χ0) is 15.6. The molecule has 2 unspecified atom stereocenters. The molecule has 1 aromatic carbocycles. The summed E-state index contributed by atoms with van der Waals surface area (Å²) >= 11 is 0. The number of likely N-dealkylation sites (N-methyl/N-ethyl adjacent to an activating group) is 1.